The maximum absolute atomic E-state index is 5.07. The first kappa shape index (κ1) is 35.3. The van der Waals surface area contributed by atoms with E-state index in [-0.39, 0.29) is 0 Å². The summed E-state index contributed by atoms with van der Waals surface area (Å²) in [6.45, 7) is 4.58. The van der Waals surface area contributed by atoms with E-state index in [1.807, 2.05) is 38.0 Å². The summed E-state index contributed by atoms with van der Waals surface area (Å²) in [5.74, 6) is 2.74. The number of rotatable bonds is 17. The fraction of sp³-hybridized carbons (Fsp3) is 0.917. The van der Waals surface area contributed by atoms with Crippen molar-refractivity contribution in [2.24, 2.45) is 0 Å². The predicted molar refractivity (Wildman–Crippen MR) is 169 cm³/mol. The van der Waals surface area contributed by atoms with E-state index in [0.29, 0.717) is 0 Å². The van der Waals surface area contributed by atoms with Gasteiger partial charge in [-0.05, 0) is 34.4 Å². The van der Waals surface area contributed by atoms with Crippen LogP contribution in [0.3, 0.4) is 0 Å². The monoisotopic (exact) mass is 558 g/mol. The zero-order chi connectivity index (χ0) is 24.5. The molecule has 0 aromatic rings. The van der Waals surface area contributed by atoms with Crippen molar-refractivity contribution in [3.63, 3.8) is 0 Å². The fourth-order valence-electron chi connectivity index (χ4n) is 2.57. The van der Waals surface area contributed by atoms with Crippen LogP contribution in [0.25, 0.3) is 0 Å². The van der Waals surface area contributed by atoms with Crippen LogP contribution in [0.1, 0.15) is 104 Å². The Bertz CT molecular complexity index is 381. The summed E-state index contributed by atoms with van der Waals surface area (Å²) in [7, 11) is 14.9. The molecule has 0 amide bonds. The average Bonchev–Trinajstić information content (AvgIpc) is 2.77. The second-order valence-corrected chi connectivity index (χ2v) is 14.5. The molecule has 192 valence electrons. The molecule has 0 spiro atoms. The third-order valence-corrected chi connectivity index (χ3v) is 11.4. The summed E-state index contributed by atoms with van der Waals surface area (Å²) in [6.07, 6.45) is 20.1. The Morgan fingerprint density at radius 3 is 1.06 bits per heavy atom. The smallest absolute Gasteiger partial charge is 0.146 e. The molecule has 8 heteroatoms. The standard InChI is InChI=1S/C18H38S2.C6H12N2S4/c1-3-5-7-9-11-13-15-17-19-20-18-16-14-12-10-8-6-4-2;1-7(2)5(9)11-12-6(10)8(3)4/h3-18H2,1-2H3;1-4H3. The van der Waals surface area contributed by atoms with Crippen LogP contribution in [-0.4, -0.2) is 58.1 Å². The second kappa shape index (κ2) is 28.4. The molecule has 0 aromatic heterocycles. The quantitative estimate of drug-likeness (QED) is 0.0975. The zero-order valence-corrected chi connectivity index (χ0v) is 26.6. The highest BCUT2D eigenvalue weighted by Gasteiger charge is 2.05. The molecule has 0 rings (SSSR count). The summed E-state index contributed by atoms with van der Waals surface area (Å²) in [4.78, 5) is 3.79. The van der Waals surface area contributed by atoms with Gasteiger partial charge in [-0.1, -0.05) is 137 Å². The summed E-state index contributed by atoms with van der Waals surface area (Å²) in [6, 6.07) is 0. The predicted octanol–water partition coefficient (Wildman–Crippen LogP) is 9.93. The van der Waals surface area contributed by atoms with Crippen LogP contribution >= 0.6 is 67.6 Å². The number of thiocarbonyl (C=S) groups is 2. The molecule has 0 aliphatic heterocycles. The molecule has 0 unspecified atom stereocenters. The van der Waals surface area contributed by atoms with Gasteiger partial charge >= 0.3 is 0 Å². The summed E-state index contributed by atoms with van der Waals surface area (Å²) >= 11 is 10.1. The van der Waals surface area contributed by atoms with Gasteiger partial charge in [0.2, 0.25) is 0 Å². The molecule has 0 radical (unpaired) electrons. The van der Waals surface area contributed by atoms with E-state index < -0.39 is 0 Å². The molecule has 0 saturated carbocycles. The van der Waals surface area contributed by atoms with E-state index >= 15 is 0 Å². The van der Waals surface area contributed by atoms with Crippen LogP contribution in [0.5, 0.6) is 0 Å². The van der Waals surface area contributed by atoms with E-state index in [1.54, 1.807) is 0 Å². The van der Waals surface area contributed by atoms with Crippen molar-refractivity contribution in [3.05, 3.63) is 0 Å². The van der Waals surface area contributed by atoms with Crippen LogP contribution in [0, 0.1) is 0 Å². The van der Waals surface area contributed by atoms with Gasteiger partial charge in [-0.2, -0.15) is 0 Å². The highest BCUT2D eigenvalue weighted by atomic mass is 33.1. The van der Waals surface area contributed by atoms with Crippen molar-refractivity contribution in [2.75, 3.05) is 39.7 Å². The summed E-state index contributed by atoms with van der Waals surface area (Å²) in [5.41, 5.74) is 0. The molecule has 0 N–H and O–H groups in total. The fourth-order valence-corrected chi connectivity index (χ4v) is 7.24. The molecule has 32 heavy (non-hydrogen) atoms. The van der Waals surface area contributed by atoms with Gasteiger partial charge in [0, 0.05) is 39.7 Å². The Balaban J connectivity index is 0. The van der Waals surface area contributed by atoms with Gasteiger partial charge in [0.15, 0.2) is 0 Å². The van der Waals surface area contributed by atoms with Gasteiger partial charge < -0.3 is 9.80 Å². The Labute approximate surface area is 228 Å². The lowest BCUT2D eigenvalue weighted by Gasteiger charge is -2.15. The molecular formula is C24H50N2S6. The van der Waals surface area contributed by atoms with Crippen molar-refractivity contribution in [1.29, 1.82) is 0 Å². The SMILES string of the molecule is CCCCCCCCCSSCCCCCCCCC.CN(C)C(=S)SSC(=S)N(C)C. The first-order valence-corrected chi connectivity index (χ1v) is 17.8. The van der Waals surface area contributed by atoms with Crippen molar-refractivity contribution in [3.8, 4) is 0 Å². The molecular weight excluding hydrogens is 509 g/mol. The highest BCUT2D eigenvalue weighted by Crippen LogP contribution is 2.26. The Kier molecular flexibility index (Phi) is 31.4. The van der Waals surface area contributed by atoms with Crippen LogP contribution in [0.15, 0.2) is 0 Å². The Morgan fingerprint density at radius 1 is 0.500 bits per heavy atom. The van der Waals surface area contributed by atoms with Gasteiger partial charge in [0.1, 0.15) is 8.64 Å². The van der Waals surface area contributed by atoms with Gasteiger partial charge in [-0.15, -0.1) is 0 Å². The number of nitrogens with zero attached hydrogens (tertiary/aromatic N) is 2. The van der Waals surface area contributed by atoms with Crippen LogP contribution in [0.2, 0.25) is 0 Å². The minimum atomic E-state index is 0.837. The molecule has 0 bridgehead atoms. The topological polar surface area (TPSA) is 6.48 Å². The van der Waals surface area contributed by atoms with Gasteiger partial charge in [0.05, 0.1) is 0 Å². The van der Waals surface area contributed by atoms with E-state index in [1.165, 1.54) is 123 Å². The van der Waals surface area contributed by atoms with Gasteiger partial charge in [-0.3, -0.25) is 0 Å². The minimum absolute atomic E-state index is 0.837. The minimum Gasteiger partial charge on any atom is -0.363 e. The number of unbranched alkanes of at least 4 members (excludes halogenated alkanes) is 12. The van der Waals surface area contributed by atoms with Crippen molar-refractivity contribution in [1.82, 2.24) is 9.80 Å². The van der Waals surface area contributed by atoms with Crippen LogP contribution in [0.4, 0.5) is 0 Å². The normalized spacial score (nSPS) is 10.4. The molecule has 0 saturated heterocycles. The third-order valence-electron chi connectivity index (χ3n) is 4.66. The molecule has 2 nitrogen and oxygen atoms in total. The molecule has 0 heterocycles. The molecule has 0 fully saturated rings. The molecule has 0 atom stereocenters. The van der Waals surface area contributed by atoms with Crippen LogP contribution in [-0.2, 0) is 0 Å². The maximum atomic E-state index is 5.07. The Hall–Kier alpha value is 1.18. The highest BCUT2D eigenvalue weighted by molar-refractivity contribution is 8.89. The van der Waals surface area contributed by atoms with E-state index in [0.717, 1.165) is 8.64 Å². The number of hydrogen-bond donors (Lipinski definition) is 0. The van der Waals surface area contributed by atoms with E-state index in [9.17, 15) is 0 Å². The molecule has 0 aromatic carbocycles. The molecule has 0 aliphatic rings. The van der Waals surface area contributed by atoms with Gasteiger partial charge in [0.25, 0.3) is 0 Å². The molecule has 0 aliphatic carbocycles. The van der Waals surface area contributed by atoms with Crippen molar-refractivity contribution in [2.45, 2.75) is 104 Å². The maximum Gasteiger partial charge on any atom is 0.146 e. The largest absolute Gasteiger partial charge is 0.363 e. The second-order valence-electron chi connectivity index (χ2n) is 8.37. The van der Waals surface area contributed by atoms with E-state index in [2.05, 4.69) is 35.4 Å². The first-order valence-electron chi connectivity index (χ1n) is 12.4. The Morgan fingerprint density at radius 2 is 0.781 bits per heavy atom. The first-order chi connectivity index (χ1) is 15.4. The summed E-state index contributed by atoms with van der Waals surface area (Å²) < 4.78 is 1.67. The summed E-state index contributed by atoms with van der Waals surface area (Å²) in [5, 5.41) is 0. The average molecular weight is 559 g/mol. The van der Waals surface area contributed by atoms with Crippen LogP contribution < -0.4 is 0 Å². The van der Waals surface area contributed by atoms with Crippen molar-refractivity contribution >= 4 is 76.3 Å². The third kappa shape index (κ3) is 29.2. The van der Waals surface area contributed by atoms with E-state index in [4.69, 9.17) is 24.4 Å². The zero-order valence-electron chi connectivity index (χ0n) is 21.7. The van der Waals surface area contributed by atoms with Gasteiger partial charge in [-0.25, -0.2) is 0 Å². The van der Waals surface area contributed by atoms with Crippen molar-refractivity contribution < 1.29 is 0 Å². The lowest BCUT2D eigenvalue weighted by molar-refractivity contribution is 0.603. The lowest BCUT2D eigenvalue weighted by atomic mass is 10.1. The number of hydrogen-bond acceptors (Lipinski definition) is 6. The lowest BCUT2D eigenvalue weighted by Crippen LogP contribution is -2.18.